The molecule has 0 fully saturated rings. The molecular formula is C22H17N3O3. The van der Waals surface area contributed by atoms with Gasteiger partial charge in [0.15, 0.2) is 0 Å². The van der Waals surface area contributed by atoms with Crippen LogP contribution in [0.1, 0.15) is 10.4 Å². The first-order valence-corrected chi connectivity index (χ1v) is 8.68. The standard InChI is InChI=1S/C22H17N3O3/c1-27-19-9-5-8-18(14-19)23-21(26)16-10-12-17(13-11-16)22-24-20(25-28-22)15-6-3-2-4-7-15/h2-14H,1H3,(H,23,26). The molecule has 1 heterocycles. The topological polar surface area (TPSA) is 77.2 Å². The Labute approximate surface area is 161 Å². The molecular weight excluding hydrogens is 354 g/mol. The van der Waals surface area contributed by atoms with Gasteiger partial charge in [-0.15, -0.1) is 0 Å². The highest BCUT2D eigenvalue weighted by Gasteiger charge is 2.12. The number of benzene rings is 3. The molecule has 0 radical (unpaired) electrons. The van der Waals surface area contributed by atoms with Gasteiger partial charge in [0, 0.05) is 28.4 Å². The first-order valence-electron chi connectivity index (χ1n) is 8.68. The number of methoxy groups -OCH3 is 1. The summed E-state index contributed by atoms with van der Waals surface area (Å²) in [5, 5.41) is 6.86. The summed E-state index contributed by atoms with van der Waals surface area (Å²) in [5.41, 5.74) is 2.81. The van der Waals surface area contributed by atoms with Gasteiger partial charge in [-0.3, -0.25) is 4.79 Å². The van der Waals surface area contributed by atoms with E-state index in [4.69, 9.17) is 9.26 Å². The maximum absolute atomic E-state index is 12.4. The summed E-state index contributed by atoms with van der Waals surface area (Å²) in [6.07, 6.45) is 0. The van der Waals surface area contributed by atoms with Crippen molar-refractivity contribution in [1.29, 1.82) is 0 Å². The van der Waals surface area contributed by atoms with Crippen LogP contribution in [0.4, 0.5) is 5.69 Å². The van der Waals surface area contributed by atoms with Crippen LogP contribution in [0.2, 0.25) is 0 Å². The number of rotatable bonds is 5. The van der Waals surface area contributed by atoms with Gasteiger partial charge in [-0.05, 0) is 36.4 Å². The summed E-state index contributed by atoms with van der Waals surface area (Å²) in [5.74, 6) is 1.39. The van der Waals surface area contributed by atoms with Crippen LogP contribution in [-0.4, -0.2) is 23.2 Å². The summed E-state index contributed by atoms with van der Waals surface area (Å²) in [6, 6.07) is 23.8. The molecule has 0 saturated carbocycles. The predicted molar refractivity (Wildman–Crippen MR) is 106 cm³/mol. The number of hydrogen-bond donors (Lipinski definition) is 1. The number of carbonyl (C=O) groups is 1. The van der Waals surface area contributed by atoms with Gasteiger partial charge < -0.3 is 14.6 Å². The molecule has 6 heteroatoms. The normalized spacial score (nSPS) is 10.5. The number of ether oxygens (including phenoxy) is 1. The number of nitrogens with zero attached hydrogens (tertiary/aromatic N) is 2. The Balaban J connectivity index is 1.49. The van der Waals surface area contributed by atoms with Crippen LogP contribution in [0.15, 0.2) is 83.4 Å². The number of amides is 1. The van der Waals surface area contributed by atoms with Crippen LogP contribution < -0.4 is 10.1 Å². The van der Waals surface area contributed by atoms with Gasteiger partial charge in [-0.25, -0.2) is 0 Å². The highest BCUT2D eigenvalue weighted by atomic mass is 16.5. The molecule has 6 nitrogen and oxygen atoms in total. The van der Waals surface area contributed by atoms with Crippen LogP contribution in [0, 0.1) is 0 Å². The van der Waals surface area contributed by atoms with Crippen LogP contribution in [-0.2, 0) is 0 Å². The van der Waals surface area contributed by atoms with Crippen LogP contribution in [0.25, 0.3) is 22.8 Å². The smallest absolute Gasteiger partial charge is 0.258 e. The zero-order valence-corrected chi connectivity index (χ0v) is 15.1. The lowest BCUT2D eigenvalue weighted by atomic mass is 10.1. The molecule has 4 rings (SSSR count). The fraction of sp³-hybridized carbons (Fsp3) is 0.0455. The summed E-state index contributed by atoms with van der Waals surface area (Å²) < 4.78 is 10.5. The summed E-state index contributed by atoms with van der Waals surface area (Å²) in [6.45, 7) is 0. The zero-order valence-electron chi connectivity index (χ0n) is 15.1. The van der Waals surface area contributed by atoms with E-state index >= 15 is 0 Å². The minimum Gasteiger partial charge on any atom is -0.497 e. The highest BCUT2D eigenvalue weighted by molar-refractivity contribution is 6.04. The number of hydrogen-bond acceptors (Lipinski definition) is 5. The van der Waals surface area contributed by atoms with Crippen molar-refractivity contribution in [3.05, 3.63) is 84.4 Å². The fourth-order valence-corrected chi connectivity index (χ4v) is 2.71. The first kappa shape index (κ1) is 17.5. The van der Waals surface area contributed by atoms with Gasteiger partial charge in [0.05, 0.1) is 7.11 Å². The van der Waals surface area contributed by atoms with Crippen molar-refractivity contribution >= 4 is 11.6 Å². The molecule has 1 aromatic heterocycles. The maximum Gasteiger partial charge on any atom is 0.258 e. The number of anilines is 1. The van der Waals surface area contributed by atoms with Crippen LogP contribution >= 0.6 is 0 Å². The van der Waals surface area contributed by atoms with Gasteiger partial charge in [0.1, 0.15) is 5.75 Å². The second-order valence-corrected chi connectivity index (χ2v) is 6.05. The lowest BCUT2D eigenvalue weighted by Crippen LogP contribution is -2.11. The molecule has 0 bridgehead atoms. The summed E-state index contributed by atoms with van der Waals surface area (Å²) in [4.78, 5) is 16.9. The number of aromatic nitrogens is 2. The fourth-order valence-electron chi connectivity index (χ4n) is 2.71. The number of nitrogens with one attached hydrogen (secondary N) is 1. The van der Waals surface area contributed by atoms with Gasteiger partial charge in [0.2, 0.25) is 5.82 Å². The van der Waals surface area contributed by atoms with Crippen molar-refractivity contribution in [3.8, 4) is 28.6 Å². The van der Waals surface area contributed by atoms with Gasteiger partial charge >= 0.3 is 0 Å². The Morgan fingerprint density at radius 1 is 0.929 bits per heavy atom. The van der Waals surface area contributed by atoms with E-state index in [9.17, 15) is 4.79 Å². The van der Waals surface area contributed by atoms with E-state index in [1.807, 2.05) is 42.5 Å². The monoisotopic (exact) mass is 371 g/mol. The number of carbonyl (C=O) groups excluding carboxylic acids is 1. The zero-order chi connectivity index (χ0) is 19.3. The third kappa shape index (κ3) is 3.76. The van der Waals surface area contributed by atoms with Crippen LogP contribution in [0.5, 0.6) is 5.75 Å². The molecule has 0 aliphatic carbocycles. The predicted octanol–water partition coefficient (Wildman–Crippen LogP) is 4.66. The Morgan fingerprint density at radius 3 is 2.46 bits per heavy atom. The minimum absolute atomic E-state index is 0.213. The van der Waals surface area contributed by atoms with Crippen LogP contribution in [0.3, 0.4) is 0 Å². The molecule has 0 atom stereocenters. The second-order valence-electron chi connectivity index (χ2n) is 6.05. The highest BCUT2D eigenvalue weighted by Crippen LogP contribution is 2.23. The molecule has 0 saturated heterocycles. The molecule has 0 aliphatic heterocycles. The second kappa shape index (κ2) is 7.75. The molecule has 28 heavy (non-hydrogen) atoms. The lowest BCUT2D eigenvalue weighted by molar-refractivity contribution is 0.102. The van der Waals surface area contributed by atoms with E-state index in [2.05, 4.69) is 15.5 Å². The van der Waals surface area contributed by atoms with E-state index in [0.29, 0.717) is 28.7 Å². The third-order valence-electron chi connectivity index (χ3n) is 4.18. The summed E-state index contributed by atoms with van der Waals surface area (Å²) >= 11 is 0. The van der Waals surface area contributed by atoms with Crippen molar-refractivity contribution in [3.63, 3.8) is 0 Å². The Hall–Kier alpha value is -3.93. The molecule has 1 amide bonds. The van der Waals surface area contributed by atoms with Gasteiger partial charge in [-0.2, -0.15) is 4.98 Å². The van der Waals surface area contributed by atoms with Gasteiger partial charge in [-0.1, -0.05) is 41.6 Å². The van der Waals surface area contributed by atoms with E-state index in [1.54, 1.807) is 43.5 Å². The molecule has 1 N–H and O–H groups in total. The molecule has 4 aromatic rings. The largest absolute Gasteiger partial charge is 0.497 e. The molecule has 0 aliphatic rings. The first-order chi connectivity index (χ1) is 13.7. The van der Waals surface area contributed by atoms with E-state index in [0.717, 1.165) is 11.1 Å². The van der Waals surface area contributed by atoms with Crippen molar-refractivity contribution in [1.82, 2.24) is 10.1 Å². The van der Waals surface area contributed by atoms with Crippen molar-refractivity contribution < 1.29 is 14.1 Å². The lowest BCUT2D eigenvalue weighted by Gasteiger charge is -2.07. The molecule has 0 spiro atoms. The van der Waals surface area contributed by atoms with Crippen molar-refractivity contribution in [2.24, 2.45) is 0 Å². The quantitative estimate of drug-likeness (QED) is 0.552. The average Bonchev–Trinajstić information content (AvgIpc) is 3.25. The molecule has 3 aromatic carbocycles. The average molecular weight is 371 g/mol. The third-order valence-corrected chi connectivity index (χ3v) is 4.18. The Bertz CT molecular complexity index is 1090. The minimum atomic E-state index is -0.213. The van der Waals surface area contributed by atoms with E-state index in [-0.39, 0.29) is 5.91 Å². The SMILES string of the molecule is COc1cccc(NC(=O)c2ccc(-c3nc(-c4ccccc4)no3)cc2)c1. The van der Waals surface area contributed by atoms with E-state index < -0.39 is 0 Å². The molecule has 0 unspecified atom stereocenters. The Morgan fingerprint density at radius 2 is 1.71 bits per heavy atom. The van der Waals surface area contributed by atoms with Crippen molar-refractivity contribution in [2.45, 2.75) is 0 Å². The summed E-state index contributed by atoms with van der Waals surface area (Å²) in [7, 11) is 1.58. The Kier molecular flexibility index (Phi) is 4.84. The molecule has 138 valence electrons. The van der Waals surface area contributed by atoms with Crippen molar-refractivity contribution in [2.75, 3.05) is 12.4 Å². The van der Waals surface area contributed by atoms with Gasteiger partial charge in [0.25, 0.3) is 11.8 Å². The van der Waals surface area contributed by atoms with E-state index in [1.165, 1.54) is 0 Å². The maximum atomic E-state index is 12.4.